The maximum atomic E-state index is 5.77. The lowest BCUT2D eigenvalue weighted by Gasteiger charge is -2.05. The van der Waals surface area contributed by atoms with Crippen molar-refractivity contribution in [2.75, 3.05) is 0 Å². The summed E-state index contributed by atoms with van der Waals surface area (Å²) in [5.41, 5.74) is 0. The molecule has 66 valence electrons. The molecule has 1 aromatic rings. The number of hydrogen-bond acceptors (Lipinski definition) is 2. The predicted octanol–water partition coefficient (Wildman–Crippen LogP) is 3.69. The van der Waals surface area contributed by atoms with Gasteiger partial charge in [0.25, 0.3) is 0 Å². The molecule has 0 N–H and O–H groups in total. The summed E-state index contributed by atoms with van der Waals surface area (Å²) in [5, 5.41) is 0.497. The highest BCUT2D eigenvalue weighted by Gasteiger charge is 2.10. The van der Waals surface area contributed by atoms with E-state index in [1.54, 1.807) is 12.1 Å². The van der Waals surface area contributed by atoms with Crippen LogP contribution in [-0.2, 0) is 0 Å². The SMILES string of the molecule is POc1ccc(OCl)c(Cl)c1Cl. The zero-order chi connectivity index (χ0) is 9.14. The van der Waals surface area contributed by atoms with Crippen molar-refractivity contribution >= 4 is 44.5 Å². The monoisotopic (exact) mass is 244 g/mol. The largest absolute Gasteiger partial charge is 0.479 e. The van der Waals surface area contributed by atoms with Gasteiger partial charge in [0.1, 0.15) is 27.7 Å². The quantitative estimate of drug-likeness (QED) is 0.740. The highest BCUT2D eigenvalue weighted by molar-refractivity contribution is 7.10. The van der Waals surface area contributed by atoms with Crippen LogP contribution in [-0.4, -0.2) is 0 Å². The minimum Gasteiger partial charge on any atom is -0.479 e. The van der Waals surface area contributed by atoms with E-state index in [2.05, 4.69) is 13.8 Å². The van der Waals surface area contributed by atoms with Gasteiger partial charge in [-0.05, 0) is 12.1 Å². The van der Waals surface area contributed by atoms with Crippen LogP contribution >= 0.6 is 44.5 Å². The highest BCUT2D eigenvalue weighted by atomic mass is 35.5. The molecule has 0 saturated heterocycles. The van der Waals surface area contributed by atoms with Crippen molar-refractivity contribution in [2.45, 2.75) is 0 Å². The van der Waals surface area contributed by atoms with E-state index in [1.807, 2.05) is 0 Å². The summed E-state index contributed by atoms with van der Waals surface area (Å²) in [7, 11) is 2.06. The van der Waals surface area contributed by atoms with Gasteiger partial charge in [0, 0.05) is 0 Å². The van der Waals surface area contributed by atoms with Gasteiger partial charge in [0.15, 0.2) is 5.75 Å². The molecule has 1 atom stereocenters. The normalized spacial score (nSPS) is 9.67. The first kappa shape index (κ1) is 10.2. The maximum absolute atomic E-state index is 5.77. The number of hydrogen-bond donors (Lipinski definition) is 0. The summed E-state index contributed by atoms with van der Waals surface area (Å²) in [5.74, 6) is 0.748. The zero-order valence-corrected chi connectivity index (χ0v) is 9.10. The van der Waals surface area contributed by atoms with Gasteiger partial charge in [0.05, 0.1) is 9.47 Å². The standard InChI is InChI=1S/C6H4Cl3O2P/c7-5-3(10-9)1-2-4(11-12)6(5)8/h1-2H,12H2. The van der Waals surface area contributed by atoms with Crippen molar-refractivity contribution in [1.29, 1.82) is 0 Å². The first-order valence-electron chi connectivity index (χ1n) is 2.84. The molecule has 0 aliphatic carbocycles. The summed E-state index contributed by atoms with van der Waals surface area (Å²) >= 11 is 16.6. The van der Waals surface area contributed by atoms with Crippen molar-refractivity contribution < 1.29 is 8.81 Å². The molecule has 2 nitrogen and oxygen atoms in total. The fourth-order valence-corrected chi connectivity index (χ4v) is 1.50. The summed E-state index contributed by atoms with van der Waals surface area (Å²) in [6.07, 6.45) is 0. The molecule has 0 radical (unpaired) electrons. The molecule has 0 spiro atoms. The average Bonchev–Trinajstić information content (AvgIpc) is 2.10. The third-order valence-corrected chi connectivity index (χ3v) is 2.49. The van der Waals surface area contributed by atoms with Gasteiger partial charge in [0.2, 0.25) is 0 Å². The molecule has 0 amide bonds. The van der Waals surface area contributed by atoms with Crippen LogP contribution in [0.3, 0.4) is 0 Å². The molecular weight excluding hydrogens is 241 g/mol. The molecule has 0 heterocycles. The Bertz CT molecular complexity index is 263. The first-order chi connectivity index (χ1) is 5.70. The molecule has 0 bridgehead atoms. The van der Waals surface area contributed by atoms with Crippen LogP contribution in [0.25, 0.3) is 0 Å². The molecule has 0 saturated carbocycles. The molecule has 1 unspecified atom stereocenters. The molecule has 1 aromatic carbocycles. The third-order valence-electron chi connectivity index (χ3n) is 1.22. The second-order valence-corrected chi connectivity index (χ2v) is 3.03. The van der Waals surface area contributed by atoms with Crippen LogP contribution in [0.1, 0.15) is 0 Å². The summed E-state index contributed by atoms with van der Waals surface area (Å²) < 4.78 is 9.25. The van der Waals surface area contributed by atoms with E-state index in [1.165, 1.54) is 0 Å². The second-order valence-electron chi connectivity index (χ2n) is 1.88. The average molecular weight is 245 g/mol. The summed E-state index contributed by atoms with van der Waals surface area (Å²) in [6, 6.07) is 3.15. The van der Waals surface area contributed by atoms with E-state index >= 15 is 0 Å². The van der Waals surface area contributed by atoms with Crippen LogP contribution in [0.2, 0.25) is 10.0 Å². The Balaban J connectivity index is 3.20. The second kappa shape index (κ2) is 4.38. The van der Waals surface area contributed by atoms with Gasteiger partial charge in [-0.3, -0.25) is 0 Å². The molecular formula is C6H4Cl3O2P. The summed E-state index contributed by atoms with van der Waals surface area (Å²) in [6.45, 7) is 0. The van der Waals surface area contributed by atoms with E-state index < -0.39 is 0 Å². The van der Waals surface area contributed by atoms with E-state index in [-0.39, 0.29) is 10.0 Å². The maximum Gasteiger partial charge on any atom is 0.166 e. The molecule has 12 heavy (non-hydrogen) atoms. The minimum absolute atomic E-state index is 0.228. The smallest absolute Gasteiger partial charge is 0.166 e. The van der Waals surface area contributed by atoms with Crippen LogP contribution in [0.4, 0.5) is 0 Å². The van der Waals surface area contributed by atoms with Gasteiger partial charge in [-0.25, -0.2) is 0 Å². The minimum atomic E-state index is 0.228. The Labute approximate surface area is 87.2 Å². The van der Waals surface area contributed by atoms with Crippen LogP contribution in [0.5, 0.6) is 11.5 Å². The fraction of sp³-hybridized carbons (Fsp3) is 0. The third kappa shape index (κ3) is 1.89. The lowest BCUT2D eigenvalue weighted by molar-refractivity contribution is 0.611. The van der Waals surface area contributed by atoms with E-state index in [4.69, 9.17) is 39.6 Å². The molecule has 0 aliphatic heterocycles. The molecule has 0 aromatic heterocycles. The van der Waals surface area contributed by atoms with Gasteiger partial charge >= 0.3 is 0 Å². The molecule has 0 fully saturated rings. The van der Waals surface area contributed by atoms with Crippen molar-refractivity contribution in [3.05, 3.63) is 22.2 Å². The lowest BCUT2D eigenvalue weighted by Crippen LogP contribution is -1.81. The van der Waals surface area contributed by atoms with Crippen molar-refractivity contribution in [1.82, 2.24) is 0 Å². The first-order valence-corrected chi connectivity index (χ1v) is 4.37. The lowest BCUT2D eigenvalue weighted by atomic mass is 10.3. The van der Waals surface area contributed by atoms with E-state index in [9.17, 15) is 0 Å². The van der Waals surface area contributed by atoms with Crippen molar-refractivity contribution in [2.24, 2.45) is 0 Å². The highest BCUT2D eigenvalue weighted by Crippen LogP contribution is 2.39. The van der Waals surface area contributed by atoms with Gasteiger partial charge in [-0.1, -0.05) is 23.2 Å². The Morgan fingerprint density at radius 3 is 2.08 bits per heavy atom. The Morgan fingerprint density at radius 1 is 1.08 bits per heavy atom. The van der Waals surface area contributed by atoms with Crippen LogP contribution in [0.15, 0.2) is 12.1 Å². The van der Waals surface area contributed by atoms with Gasteiger partial charge in [-0.2, -0.15) is 0 Å². The Hall–Kier alpha value is 0.120. The Morgan fingerprint density at radius 2 is 1.58 bits per heavy atom. The molecule has 6 heteroatoms. The molecule has 0 aliphatic rings. The summed E-state index contributed by atoms with van der Waals surface area (Å²) in [4.78, 5) is 0. The van der Waals surface area contributed by atoms with E-state index in [0.717, 1.165) is 0 Å². The van der Waals surface area contributed by atoms with Crippen LogP contribution in [0, 0.1) is 0 Å². The van der Waals surface area contributed by atoms with Crippen molar-refractivity contribution in [3.63, 3.8) is 0 Å². The van der Waals surface area contributed by atoms with Gasteiger partial charge < -0.3 is 8.81 Å². The Kier molecular flexibility index (Phi) is 3.73. The predicted molar refractivity (Wildman–Crippen MR) is 53.3 cm³/mol. The van der Waals surface area contributed by atoms with E-state index in [0.29, 0.717) is 11.5 Å². The van der Waals surface area contributed by atoms with Crippen molar-refractivity contribution in [3.8, 4) is 11.5 Å². The van der Waals surface area contributed by atoms with Gasteiger partial charge in [-0.15, -0.1) is 0 Å². The zero-order valence-electron chi connectivity index (χ0n) is 5.68. The molecule has 1 rings (SSSR count). The number of benzene rings is 1. The number of rotatable bonds is 2. The topological polar surface area (TPSA) is 18.5 Å². The van der Waals surface area contributed by atoms with Crippen LogP contribution < -0.4 is 8.81 Å². The fourth-order valence-electron chi connectivity index (χ4n) is 0.665. The number of halogens is 3.